The second-order valence-corrected chi connectivity index (χ2v) is 5.79. The molecule has 0 fully saturated rings. The summed E-state index contributed by atoms with van der Waals surface area (Å²) >= 11 is 0. The highest BCUT2D eigenvalue weighted by Gasteiger charge is 2.06. The Bertz CT molecular complexity index is 564. The molecule has 0 spiro atoms. The monoisotopic (exact) mass is 303 g/mol. The molecule has 1 aromatic carbocycles. The van der Waals surface area contributed by atoms with Crippen LogP contribution in [0.15, 0.2) is 42.7 Å². The number of nitrogens with zero attached hydrogens (tertiary/aromatic N) is 2. The van der Waals surface area contributed by atoms with Crippen molar-refractivity contribution in [1.29, 1.82) is 0 Å². The second kappa shape index (κ2) is 7.87. The third kappa shape index (κ3) is 5.42. The van der Waals surface area contributed by atoms with Crippen molar-refractivity contribution in [2.24, 2.45) is 7.05 Å². The smallest absolute Gasteiger partial charge is 0.119 e. The van der Waals surface area contributed by atoms with Crippen LogP contribution < -0.4 is 10.1 Å². The molecule has 2 rings (SSSR count). The normalized spacial score (nSPS) is 12.4. The quantitative estimate of drug-likeness (QED) is 0.782. The van der Waals surface area contributed by atoms with Crippen LogP contribution in [0.5, 0.6) is 5.75 Å². The highest BCUT2D eigenvalue weighted by molar-refractivity contribution is 5.46. The van der Waals surface area contributed by atoms with Crippen molar-refractivity contribution in [3.05, 3.63) is 48.3 Å². The lowest BCUT2D eigenvalue weighted by Gasteiger charge is -2.16. The van der Waals surface area contributed by atoms with Crippen molar-refractivity contribution >= 4 is 5.69 Å². The minimum Gasteiger partial charge on any atom is -0.491 e. The van der Waals surface area contributed by atoms with E-state index in [1.807, 2.05) is 61.1 Å². The molecule has 5 heteroatoms. The van der Waals surface area contributed by atoms with Gasteiger partial charge in [0.15, 0.2) is 0 Å². The van der Waals surface area contributed by atoms with Gasteiger partial charge in [-0.05, 0) is 50.0 Å². The van der Waals surface area contributed by atoms with Crippen LogP contribution in [0.1, 0.15) is 5.56 Å². The Morgan fingerprint density at radius 2 is 1.95 bits per heavy atom. The van der Waals surface area contributed by atoms with E-state index in [4.69, 9.17) is 4.74 Å². The van der Waals surface area contributed by atoms with Gasteiger partial charge in [-0.25, -0.2) is 0 Å². The number of benzene rings is 1. The minimum atomic E-state index is -0.481. The molecule has 2 N–H and O–H groups in total. The van der Waals surface area contributed by atoms with Crippen LogP contribution in [0.2, 0.25) is 0 Å². The number of aromatic nitrogens is 1. The van der Waals surface area contributed by atoms with E-state index in [1.54, 1.807) is 0 Å². The molecule has 1 heterocycles. The van der Waals surface area contributed by atoms with E-state index in [0.29, 0.717) is 13.2 Å². The number of nitrogens with one attached hydrogen (secondary N) is 1. The zero-order chi connectivity index (χ0) is 15.9. The van der Waals surface area contributed by atoms with Crippen molar-refractivity contribution < 1.29 is 9.84 Å². The Morgan fingerprint density at radius 3 is 2.55 bits per heavy atom. The first-order chi connectivity index (χ1) is 10.5. The first-order valence-electron chi connectivity index (χ1n) is 7.43. The Morgan fingerprint density at radius 1 is 1.23 bits per heavy atom. The molecule has 0 aliphatic carbocycles. The number of hydrogen-bond donors (Lipinski definition) is 2. The third-order valence-electron chi connectivity index (χ3n) is 3.26. The van der Waals surface area contributed by atoms with Gasteiger partial charge < -0.3 is 24.6 Å². The van der Waals surface area contributed by atoms with Crippen LogP contribution in [0.3, 0.4) is 0 Å². The summed E-state index contributed by atoms with van der Waals surface area (Å²) in [4.78, 5) is 1.94. The first kappa shape index (κ1) is 16.4. The summed E-state index contributed by atoms with van der Waals surface area (Å²) in [5, 5.41) is 13.1. The van der Waals surface area contributed by atoms with Crippen molar-refractivity contribution in [2.45, 2.75) is 12.6 Å². The lowest BCUT2D eigenvalue weighted by molar-refractivity contribution is 0.0831. The number of aliphatic hydroxyl groups is 1. The lowest BCUT2D eigenvalue weighted by atomic mass is 10.2. The summed E-state index contributed by atoms with van der Waals surface area (Å²) in [6.45, 7) is 1.69. The van der Waals surface area contributed by atoms with Crippen LogP contribution in [0.25, 0.3) is 0 Å². The largest absolute Gasteiger partial charge is 0.491 e. The minimum absolute atomic E-state index is 0.301. The fraction of sp³-hybridized carbons (Fsp3) is 0.412. The van der Waals surface area contributed by atoms with Gasteiger partial charge in [-0.15, -0.1) is 0 Å². The molecule has 0 aliphatic rings. The van der Waals surface area contributed by atoms with E-state index in [-0.39, 0.29) is 0 Å². The van der Waals surface area contributed by atoms with Crippen LogP contribution in [-0.4, -0.2) is 47.9 Å². The average Bonchev–Trinajstić information content (AvgIpc) is 2.89. The van der Waals surface area contributed by atoms with Crippen molar-refractivity contribution in [3.63, 3.8) is 0 Å². The highest BCUT2D eigenvalue weighted by Crippen LogP contribution is 2.16. The zero-order valence-corrected chi connectivity index (χ0v) is 13.5. The van der Waals surface area contributed by atoms with Crippen LogP contribution in [-0.2, 0) is 13.6 Å². The number of ether oxygens (including phenoxy) is 1. The summed E-state index contributed by atoms with van der Waals surface area (Å²) in [6.07, 6.45) is 3.65. The van der Waals surface area contributed by atoms with Gasteiger partial charge in [0.1, 0.15) is 18.5 Å². The molecule has 0 bridgehead atoms. The maximum absolute atomic E-state index is 9.77. The molecule has 0 saturated heterocycles. The summed E-state index contributed by atoms with van der Waals surface area (Å²) in [6, 6.07) is 9.88. The summed E-state index contributed by atoms with van der Waals surface area (Å²) in [5.41, 5.74) is 2.29. The predicted molar refractivity (Wildman–Crippen MR) is 89.2 cm³/mol. The number of aryl methyl sites for hydroxylation is 1. The number of rotatable bonds is 8. The topological polar surface area (TPSA) is 49.7 Å². The summed E-state index contributed by atoms with van der Waals surface area (Å²) in [5.74, 6) is 0.767. The predicted octanol–water partition coefficient (Wildman–Crippen LogP) is 1.94. The van der Waals surface area contributed by atoms with E-state index in [2.05, 4.69) is 17.6 Å². The zero-order valence-electron chi connectivity index (χ0n) is 13.5. The SMILES string of the molecule is CN(C)CC(O)COc1ccc(NCc2ccn(C)c2)cc1. The molecule has 1 atom stereocenters. The standard InChI is InChI=1S/C17H25N3O2/c1-19(2)12-16(21)13-22-17-6-4-15(5-7-17)18-10-14-8-9-20(3)11-14/h4-9,11,16,18,21H,10,12-13H2,1-3H3. The second-order valence-electron chi connectivity index (χ2n) is 5.79. The van der Waals surface area contributed by atoms with Gasteiger partial charge in [0.05, 0.1) is 0 Å². The van der Waals surface area contributed by atoms with Gasteiger partial charge in [-0.1, -0.05) is 0 Å². The molecule has 0 radical (unpaired) electrons. The van der Waals surface area contributed by atoms with E-state index in [9.17, 15) is 5.11 Å². The Kier molecular flexibility index (Phi) is 5.86. The van der Waals surface area contributed by atoms with Gasteiger partial charge in [-0.2, -0.15) is 0 Å². The fourth-order valence-corrected chi connectivity index (χ4v) is 2.21. The molecule has 0 aliphatic heterocycles. The van der Waals surface area contributed by atoms with Gasteiger partial charge in [0, 0.05) is 38.2 Å². The van der Waals surface area contributed by atoms with Crippen LogP contribution in [0, 0.1) is 0 Å². The Balaban J connectivity index is 1.77. The Hall–Kier alpha value is -1.98. The molecule has 2 aromatic rings. The third-order valence-corrected chi connectivity index (χ3v) is 3.26. The molecule has 1 unspecified atom stereocenters. The van der Waals surface area contributed by atoms with Crippen molar-refractivity contribution in [1.82, 2.24) is 9.47 Å². The molecular weight excluding hydrogens is 278 g/mol. The number of hydrogen-bond acceptors (Lipinski definition) is 4. The number of likely N-dealkylation sites (N-methyl/N-ethyl adjacent to an activating group) is 1. The number of anilines is 1. The van der Waals surface area contributed by atoms with E-state index in [1.165, 1.54) is 5.56 Å². The molecule has 5 nitrogen and oxygen atoms in total. The summed E-state index contributed by atoms with van der Waals surface area (Å²) in [7, 11) is 5.87. The highest BCUT2D eigenvalue weighted by atomic mass is 16.5. The fourth-order valence-electron chi connectivity index (χ4n) is 2.21. The van der Waals surface area contributed by atoms with E-state index in [0.717, 1.165) is 18.0 Å². The molecule has 0 saturated carbocycles. The molecule has 22 heavy (non-hydrogen) atoms. The summed E-state index contributed by atoms with van der Waals surface area (Å²) < 4.78 is 7.62. The average molecular weight is 303 g/mol. The van der Waals surface area contributed by atoms with Crippen LogP contribution >= 0.6 is 0 Å². The Labute approximate surface area is 132 Å². The lowest BCUT2D eigenvalue weighted by Crippen LogP contribution is -2.30. The molecule has 0 amide bonds. The molecule has 1 aromatic heterocycles. The molecule has 120 valence electrons. The van der Waals surface area contributed by atoms with Gasteiger partial charge >= 0.3 is 0 Å². The molecular formula is C17H25N3O2. The number of aliphatic hydroxyl groups excluding tert-OH is 1. The maximum Gasteiger partial charge on any atom is 0.119 e. The van der Waals surface area contributed by atoms with Gasteiger partial charge in [0.2, 0.25) is 0 Å². The van der Waals surface area contributed by atoms with Gasteiger partial charge in [0.25, 0.3) is 0 Å². The van der Waals surface area contributed by atoms with Crippen LogP contribution in [0.4, 0.5) is 5.69 Å². The first-order valence-corrected chi connectivity index (χ1v) is 7.43. The van der Waals surface area contributed by atoms with Crippen molar-refractivity contribution in [3.8, 4) is 5.75 Å². The van der Waals surface area contributed by atoms with E-state index < -0.39 is 6.10 Å². The van der Waals surface area contributed by atoms with E-state index >= 15 is 0 Å². The maximum atomic E-state index is 9.77. The van der Waals surface area contributed by atoms with Crippen molar-refractivity contribution in [2.75, 3.05) is 32.6 Å². The van der Waals surface area contributed by atoms with Gasteiger partial charge in [-0.3, -0.25) is 0 Å².